The van der Waals surface area contributed by atoms with Gasteiger partial charge in [0.25, 0.3) is 0 Å². The summed E-state index contributed by atoms with van der Waals surface area (Å²) >= 11 is 1.79. The van der Waals surface area contributed by atoms with Gasteiger partial charge < -0.3 is 10.1 Å². The highest BCUT2D eigenvalue weighted by atomic mass is 32.1. The Morgan fingerprint density at radius 1 is 1.30 bits per heavy atom. The van der Waals surface area contributed by atoms with Gasteiger partial charge in [-0.1, -0.05) is 26.2 Å². The third-order valence-corrected chi connectivity index (χ3v) is 5.02. The molecule has 114 valence electrons. The van der Waals surface area contributed by atoms with E-state index in [0.717, 1.165) is 19.1 Å². The quantitative estimate of drug-likeness (QED) is 0.745. The molecule has 20 heavy (non-hydrogen) atoms. The first-order valence-corrected chi connectivity index (χ1v) is 9.18. The second kappa shape index (κ2) is 8.81. The first-order valence-electron chi connectivity index (χ1n) is 8.23. The van der Waals surface area contributed by atoms with Crippen molar-refractivity contribution < 1.29 is 4.74 Å². The van der Waals surface area contributed by atoms with Gasteiger partial charge in [0.05, 0.1) is 12.1 Å². The lowest BCUT2D eigenvalue weighted by Crippen LogP contribution is -2.40. The Balaban J connectivity index is 2.12. The van der Waals surface area contributed by atoms with Crippen molar-refractivity contribution in [3.05, 3.63) is 22.4 Å². The number of ether oxygens (including phenoxy) is 1. The Labute approximate surface area is 127 Å². The van der Waals surface area contributed by atoms with E-state index >= 15 is 0 Å². The molecule has 0 bridgehead atoms. The molecule has 1 aromatic heterocycles. The first-order chi connectivity index (χ1) is 9.86. The molecule has 1 heterocycles. The van der Waals surface area contributed by atoms with Crippen molar-refractivity contribution in [3.63, 3.8) is 0 Å². The van der Waals surface area contributed by atoms with Crippen LogP contribution in [0.25, 0.3) is 0 Å². The lowest BCUT2D eigenvalue weighted by atomic mass is 9.81. The molecule has 3 heteroatoms. The second-order valence-electron chi connectivity index (χ2n) is 5.81. The van der Waals surface area contributed by atoms with E-state index in [1.54, 1.807) is 11.3 Å². The first kappa shape index (κ1) is 16.0. The highest BCUT2D eigenvalue weighted by Crippen LogP contribution is 2.35. The molecule has 0 amide bonds. The summed E-state index contributed by atoms with van der Waals surface area (Å²) < 4.78 is 6.21. The normalized spacial score (nSPS) is 19.9. The van der Waals surface area contributed by atoms with Gasteiger partial charge in [0.1, 0.15) is 0 Å². The van der Waals surface area contributed by atoms with Gasteiger partial charge in [-0.2, -0.15) is 11.3 Å². The standard InChI is InChI=1S/C17H29NOS/c1-3-11-18-16(15-10-12-20-13-15)17(19-4-2)14-8-6-5-7-9-14/h10,12-14,16-18H,3-9,11H2,1-2H3. The average Bonchev–Trinajstić information content (AvgIpc) is 3.01. The summed E-state index contributed by atoms with van der Waals surface area (Å²) in [5, 5.41) is 8.20. The zero-order valence-corrected chi connectivity index (χ0v) is 13.8. The monoisotopic (exact) mass is 295 g/mol. The lowest BCUT2D eigenvalue weighted by Gasteiger charge is -2.36. The van der Waals surface area contributed by atoms with Crippen LogP contribution in [0.3, 0.4) is 0 Å². The average molecular weight is 295 g/mol. The fourth-order valence-electron chi connectivity index (χ4n) is 3.34. The third-order valence-electron chi connectivity index (χ3n) is 4.32. The van der Waals surface area contributed by atoms with Crippen LogP contribution in [-0.2, 0) is 4.74 Å². The summed E-state index contributed by atoms with van der Waals surface area (Å²) in [5.74, 6) is 0.720. The summed E-state index contributed by atoms with van der Waals surface area (Å²) in [6.07, 6.45) is 8.32. The Hall–Kier alpha value is -0.380. The maximum Gasteiger partial charge on any atom is 0.0797 e. The number of rotatable bonds is 8. The van der Waals surface area contributed by atoms with Crippen molar-refractivity contribution in [3.8, 4) is 0 Å². The van der Waals surface area contributed by atoms with Crippen LogP contribution in [0, 0.1) is 5.92 Å². The molecule has 2 rings (SSSR count). The Morgan fingerprint density at radius 2 is 2.10 bits per heavy atom. The molecule has 1 N–H and O–H groups in total. The van der Waals surface area contributed by atoms with E-state index in [0.29, 0.717) is 12.1 Å². The van der Waals surface area contributed by atoms with Crippen molar-refractivity contribution in [2.75, 3.05) is 13.2 Å². The number of hydrogen-bond donors (Lipinski definition) is 1. The molecule has 1 aliphatic rings. The van der Waals surface area contributed by atoms with Crippen LogP contribution in [0.2, 0.25) is 0 Å². The van der Waals surface area contributed by atoms with E-state index < -0.39 is 0 Å². The minimum Gasteiger partial charge on any atom is -0.376 e. The van der Waals surface area contributed by atoms with Crippen LogP contribution in [0.4, 0.5) is 0 Å². The van der Waals surface area contributed by atoms with Gasteiger partial charge in [-0.05, 0) is 61.0 Å². The molecule has 0 spiro atoms. The minimum atomic E-state index is 0.335. The van der Waals surface area contributed by atoms with Crippen LogP contribution in [0.1, 0.15) is 64.0 Å². The molecule has 0 radical (unpaired) electrons. The van der Waals surface area contributed by atoms with E-state index in [1.807, 2.05) is 0 Å². The van der Waals surface area contributed by atoms with Gasteiger partial charge in [0.2, 0.25) is 0 Å². The second-order valence-corrected chi connectivity index (χ2v) is 6.59. The lowest BCUT2D eigenvalue weighted by molar-refractivity contribution is -0.0182. The minimum absolute atomic E-state index is 0.335. The molecule has 1 aliphatic carbocycles. The molecule has 1 saturated carbocycles. The van der Waals surface area contributed by atoms with Gasteiger partial charge in [-0.3, -0.25) is 0 Å². The van der Waals surface area contributed by atoms with E-state index in [9.17, 15) is 0 Å². The molecule has 2 nitrogen and oxygen atoms in total. The van der Waals surface area contributed by atoms with E-state index in [4.69, 9.17) is 4.74 Å². The van der Waals surface area contributed by atoms with Gasteiger partial charge in [0, 0.05) is 6.61 Å². The van der Waals surface area contributed by atoms with Gasteiger partial charge in [0.15, 0.2) is 0 Å². The number of hydrogen-bond acceptors (Lipinski definition) is 3. The van der Waals surface area contributed by atoms with Crippen molar-refractivity contribution >= 4 is 11.3 Å². The van der Waals surface area contributed by atoms with Crippen LogP contribution < -0.4 is 5.32 Å². The number of thiophene rings is 1. The summed E-state index contributed by atoms with van der Waals surface area (Å²) in [5.41, 5.74) is 1.41. The fourth-order valence-corrected chi connectivity index (χ4v) is 4.03. The SMILES string of the molecule is CCCNC(c1ccsc1)C(OCC)C1CCCCC1. The van der Waals surface area contributed by atoms with Crippen LogP contribution in [-0.4, -0.2) is 19.3 Å². The fraction of sp³-hybridized carbons (Fsp3) is 0.765. The van der Waals surface area contributed by atoms with Crippen LogP contribution in [0.5, 0.6) is 0 Å². The Morgan fingerprint density at radius 3 is 2.70 bits per heavy atom. The maximum atomic E-state index is 6.21. The van der Waals surface area contributed by atoms with Crippen LogP contribution in [0.15, 0.2) is 16.8 Å². The highest BCUT2D eigenvalue weighted by Gasteiger charge is 2.32. The topological polar surface area (TPSA) is 21.3 Å². The largest absolute Gasteiger partial charge is 0.376 e. The van der Waals surface area contributed by atoms with E-state index in [2.05, 4.69) is 36.0 Å². The third kappa shape index (κ3) is 4.31. The summed E-state index contributed by atoms with van der Waals surface area (Å²) in [4.78, 5) is 0. The van der Waals surface area contributed by atoms with Gasteiger partial charge in [-0.25, -0.2) is 0 Å². The van der Waals surface area contributed by atoms with Crippen molar-refractivity contribution in [1.29, 1.82) is 0 Å². The molecule has 2 atom stereocenters. The molecule has 0 aromatic carbocycles. The molecular weight excluding hydrogens is 266 g/mol. The zero-order chi connectivity index (χ0) is 14.2. The Kier molecular flexibility index (Phi) is 7.05. The zero-order valence-electron chi connectivity index (χ0n) is 12.9. The van der Waals surface area contributed by atoms with Crippen molar-refractivity contribution in [2.45, 2.75) is 64.5 Å². The molecule has 2 unspecified atom stereocenters. The highest BCUT2D eigenvalue weighted by molar-refractivity contribution is 7.07. The van der Waals surface area contributed by atoms with Crippen molar-refractivity contribution in [1.82, 2.24) is 5.32 Å². The molecular formula is C17H29NOS. The molecule has 0 aliphatic heterocycles. The van der Waals surface area contributed by atoms with E-state index in [1.165, 1.54) is 44.1 Å². The van der Waals surface area contributed by atoms with Crippen LogP contribution >= 0.6 is 11.3 Å². The predicted molar refractivity (Wildman–Crippen MR) is 87.3 cm³/mol. The Bertz CT molecular complexity index is 346. The predicted octanol–water partition coefficient (Wildman–Crippen LogP) is 4.77. The molecule has 1 fully saturated rings. The number of nitrogens with one attached hydrogen (secondary N) is 1. The maximum absolute atomic E-state index is 6.21. The summed E-state index contributed by atoms with van der Waals surface area (Å²) in [7, 11) is 0. The molecule has 1 aromatic rings. The van der Waals surface area contributed by atoms with Gasteiger partial charge in [-0.15, -0.1) is 0 Å². The summed E-state index contributed by atoms with van der Waals surface area (Å²) in [6.45, 7) is 6.24. The van der Waals surface area contributed by atoms with Crippen molar-refractivity contribution in [2.24, 2.45) is 5.92 Å². The van der Waals surface area contributed by atoms with Gasteiger partial charge >= 0.3 is 0 Å². The summed E-state index contributed by atoms with van der Waals surface area (Å²) in [6, 6.07) is 2.62. The molecule has 0 saturated heterocycles. The van der Waals surface area contributed by atoms with E-state index in [-0.39, 0.29) is 0 Å². The smallest absolute Gasteiger partial charge is 0.0797 e.